The van der Waals surface area contributed by atoms with Crippen LogP contribution in [0.3, 0.4) is 0 Å². The highest BCUT2D eigenvalue weighted by Crippen LogP contribution is 2.35. The smallest absolute Gasteiger partial charge is 0.217 e. The number of anilines is 2. The minimum atomic E-state index is -0.497. The second-order valence-corrected chi connectivity index (χ2v) is 7.07. The fourth-order valence-corrected chi connectivity index (χ4v) is 3.07. The van der Waals surface area contributed by atoms with Crippen molar-refractivity contribution in [2.45, 2.75) is 12.8 Å². The molecule has 164 valence electrons. The molecule has 1 heterocycles. The highest BCUT2D eigenvalue weighted by Gasteiger charge is 2.12. The number of nitrogens with zero attached hydrogens (tertiary/aromatic N) is 2. The summed E-state index contributed by atoms with van der Waals surface area (Å²) in [6.45, 7) is 1.65. The molecule has 0 atom stereocenters. The Hall–Kier alpha value is -3.17. The Kier molecular flexibility index (Phi) is 7.80. The third-order valence-electron chi connectivity index (χ3n) is 4.42. The quantitative estimate of drug-likeness (QED) is 0.386. The molecule has 31 heavy (non-hydrogen) atoms. The number of nitrogens with one attached hydrogen (secondary N) is 2. The molecule has 2 aromatic carbocycles. The van der Waals surface area contributed by atoms with Crippen LogP contribution >= 0.6 is 11.6 Å². The van der Waals surface area contributed by atoms with Crippen LogP contribution in [0.5, 0.6) is 11.5 Å². The van der Waals surface area contributed by atoms with Crippen LogP contribution in [0.4, 0.5) is 15.9 Å². The van der Waals surface area contributed by atoms with Gasteiger partial charge in [0.25, 0.3) is 0 Å². The Labute approximate surface area is 183 Å². The van der Waals surface area contributed by atoms with E-state index in [0.717, 1.165) is 0 Å². The van der Waals surface area contributed by atoms with Crippen molar-refractivity contribution in [3.63, 3.8) is 0 Å². The van der Waals surface area contributed by atoms with Gasteiger partial charge in [-0.3, -0.25) is 4.79 Å². The van der Waals surface area contributed by atoms with Gasteiger partial charge >= 0.3 is 0 Å². The highest BCUT2D eigenvalue weighted by molar-refractivity contribution is 6.31. The SMILES string of the molecule is COc1cc2ncnc(Nc3ccc(F)c(Cl)c3)c2cc1OCCNCCCC(N)=O. The average Bonchev–Trinajstić information content (AvgIpc) is 2.75. The Balaban J connectivity index is 1.73. The lowest BCUT2D eigenvalue weighted by atomic mass is 10.2. The van der Waals surface area contributed by atoms with E-state index in [0.29, 0.717) is 66.4 Å². The topological polar surface area (TPSA) is 111 Å². The van der Waals surface area contributed by atoms with Crippen LogP contribution in [0.25, 0.3) is 10.9 Å². The molecule has 0 aliphatic carbocycles. The molecule has 3 rings (SSSR count). The number of hydrogen-bond acceptors (Lipinski definition) is 7. The first-order valence-corrected chi connectivity index (χ1v) is 10.0. The summed E-state index contributed by atoms with van der Waals surface area (Å²) in [7, 11) is 1.55. The number of aromatic nitrogens is 2. The summed E-state index contributed by atoms with van der Waals surface area (Å²) in [5.74, 6) is 0.779. The zero-order valence-corrected chi connectivity index (χ0v) is 17.7. The summed E-state index contributed by atoms with van der Waals surface area (Å²) < 4.78 is 24.7. The predicted octanol–water partition coefficient (Wildman–Crippen LogP) is 3.41. The fourth-order valence-electron chi connectivity index (χ4n) is 2.89. The summed E-state index contributed by atoms with van der Waals surface area (Å²) in [5, 5.41) is 7.03. The summed E-state index contributed by atoms with van der Waals surface area (Å²) in [4.78, 5) is 19.3. The van der Waals surface area contributed by atoms with Gasteiger partial charge < -0.3 is 25.8 Å². The predicted molar refractivity (Wildman–Crippen MR) is 118 cm³/mol. The number of amides is 1. The number of nitrogens with two attached hydrogens (primary N) is 1. The Morgan fingerprint density at radius 2 is 2.03 bits per heavy atom. The summed E-state index contributed by atoms with van der Waals surface area (Å²) >= 11 is 5.87. The molecular formula is C21H23ClFN5O3. The number of benzene rings is 2. The monoisotopic (exact) mass is 447 g/mol. The van der Waals surface area contributed by atoms with E-state index < -0.39 is 5.82 Å². The molecule has 8 nitrogen and oxygen atoms in total. The summed E-state index contributed by atoms with van der Waals surface area (Å²) in [5.41, 5.74) is 6.36. The molecule has 0 spiro atoms. The molecule has 3 aromatic rings. The standard InChI is InChI=1S/C21H23ClFN5O3/c1-30-18-11-17-14(10-19(18)31-8-7-25-6-2-3-20(24)29)21(27-12-26-17)28-13-4-5-16(23)15(22)9-13/h4-5,9-12,25H,2-3,6-8H2,1H3,(H2,24,29)(H,26,27,28). The lowest BCUT2D eigenvalue weighted by Gasteiger charge is -2.14. The Morgan fingerprint density at radius 3 is 2.77 bits per heavy atom. The van der Waals surface area contributed by atoms with Crippen LogP contribution in [-0.4, -0.2) is 42.7 Å². The second kappa shape index (κ2) is 10.7. The molecule has 0 saturated heterocycles. The van der Waals surface area contributed by atoms with Crippen molar-refractivity contribution in [2.24, 2.45) is 5.73 Å². The van der Waals surface area contributed by atoms with Gasteiger partial charge in [-0.15, -0.1) is 0 Å². The minimum absolute atomic E-state index is 0.0115. The van der Waals surface area contributed by atoms with Gasteiger partial charge in [0.1, 0.15) is 24.6 Å². The van der Waals surface area contributed by atoms with Crippen molar-refractivity contribution in [2.75, 3.05) is 32.1 Å². The van der Waals surface area contributed by atoms with Crippen LogP contribution in [-0.2, 0) is 4.79 Å². The molecule has 0 aliphatic heterocycles. The van der Waals surface area contributed by atoms with Gasteiger partial charge in [-0.2, -0.15) is 0 Å². The molecule has 0 fully saturated rings. The van der Waals surface area contributed by atoms with Crippen molar-refractivity contribution in [1.82, 2.24) is 15.3 Å². The molecule has 0 unspecified atom stereocenters. The van der Waals surface area contributed by atoms with Crippen molar-refractivity contribution in [1.29, 1.82) is 0 Å². The first-order chi connectivity index (χ1) is 15.0. The average molecular weight is 448 g/mol. The molecule has 1 aromatic heterocycles. The maximum Gasteiger partial charge on any atom is 0.217 e. The molecular weight excluding hydrogens is 425 g/mol. The van der Waals surface area contributed by atoms with Gasteiger partial charge in [0.15, 0.2) is 11.5 Å². The van der Waals surface area contributed by atoms with Crippen LogP contribution in [0.1, 0.15) is 12.8 Å². The van der Waals surface area contributed by atoms with E-state index in [-0.39, 0.29) is 10.9 Å². The number of ether oxygens (including phenoxy) is 2. The summed E-state index contributed by atoms with van der Waals surface area (Å²) in [6, 6.07) is 7.88. The lowest BCUT2D eigenvalue weighted by Crippen LogP contribution is -2.23. The van der Waals surface area contributed by atoms with E-state index in [2.05, 4.69) is 20.6 Å². The lowest BCUT2D eigenvalue weighted by molar-refractivity contribution is -0.118. The zero-order chi connectivity index (χ0) is 22.2. The normalized spacial score (nSPS) is 10.8. The van der Waals surface area contributed by atoms with E-state index >= 15 is 0 Å². The Morgan fingerprint density at radius 1 is 1.19 bits per heavy atom. The third-order valence-corrected chi connectivity index (χ3v) is 4.71. The van der Waals surface area contributed by atoms with Gasteiger partial charge in [-0.25, -0.2) is 14.4 Å². The fraction of sp³-hybridized carbons (Fsp3) is 0.286. The van der Waals surface area contributed by atoms with Gasteiger partial charge in [0.05, 0.1) is 17.6 Å². The first-order valence-electron chi connectivity index (χ1n) is 9.64. The molecule has 1 amide bonds. The second-order valence-electron chi connectivity index (χ2n) is 6.66. The number of carbonyl (C=O) groups excluding carboxylic acids is 1. The maximum atomic E-state index is 13.4. The van der Waals surface area contributed by atoms with Crippen LogP contribution in [0.2, 0.25) is 5.02 Å². The first kappa shape index (κ1) is 22.5. The number of methoxy groups -OCH3 is 1. The van der Waals surface area contributed by atoms with E-state index in [1.807, 2.05) is 0 Å². The summed E-state index contributed by atoms with van der Waals surface area (Å²) in [6.07, 6.45) is 2.45. The number of carbonyl (C=O) groups is 1. The molecule has 0 saturated carbocycles. The molecule has 0 bridgehead atoms. The van der Waals surface area contributed by atoms with Crippen molar-refractivity contribution in [3.8, 4) is 11.5 Å². The van der Waals surface area contributed by atoms with Gasteiger partial charge in [-0.1, -0.05) is 11.6 Å². The van der Waals surface area contributed by atoms with E-state index in [1.54, 1.807) is 25.3 Å². The number of rotatable bonds is 11. The van der Waals surface area contributed by atoms with Gasteiger partial charge in [0.2, 0.25) is 5.91 Å². The van der Waals surface area contributed by atoms with Gasteiger partial charge in [0, 0.05) is 30.1 Å². The Bertz CT molecular complexity index is 1070. The maximum absolute atomic E-state index is 13.4. The number of fused-ring (bicyclic) bond motifs is 1. The molecule has 4 N–H and O–H groups in total. The van der Waals surface area contributed by atoms with Crippen molar-refractivity contribution < 1.29 is 18.7 Å². The van der Waals surface area contributed by atoms with E-state index in [1.165, 1.54) is 18.5 Å². The zero-order valence-electron chi connectivity index (χ0n) is 17.0. The molecule has 0 aliphatic rings. The number of primary amides is 1. The van der Waals surface area contributed by atoms with Gasteiger partial charge in [-0.05, 0) is 37.2 Å². The highest BCUT2D eigenvalue weighted by atomic mass is 35.5. The van der Waals surface area contributed by atoms with Crippen LogP contribution in [0.15, 0.2) is 36.7 Å². The van der Waals surface area contributed by atoms with Crippen molar-refractivity contribution >= 4 is 39.9 Å². The van der Waals surface area contributed by atoms with Crippen LogP contribution < -0.4 is 25.8 Å². The third kappa shape index (κ3) is 6.16. The number of halogens is 2. The largest absolute Gasteiger partial charge is 0.493 e. The molecule has 0 radical (unpaired) electrons. The van der Waals surface area contributed by atoms with E-state index in [9.17, 15) is 9.18 Å². The van der Waals surface area contributed by atoms with E-state index in [4.69, 9.17) is 26.8 Å². The minimum Gasteiger partial charge on any atom is -0.493 e. The number of hydrogen-bond donors (Lipinski definition) is 3. The van der Waals surface area contributed by atoms with Crippen molar-refractivity contribution in [3.05, 3.63) is 47.5 Å². The molecule has 10 heteroatoms. The van der Waals surface area contributed by atoms with Crippen LogP contribution in [0, 0.1) is 5.82 Å².